The molecule has 1 N–H and O–H groups in total. The zero-order chi connectivity index (χ0) is 21.2. The molecule has 7 heteroatoms. The van der Waals surface area contributed by atoms with Crippen LogP contribution in [0, 0.1) is 5.41 Å². The second kappa shape index (κ2) is 8.69. The zero-order valence-electron chi connectivity index (χ0n) is 18.4. The number of carbonyl (C=O) groups excluding carboxylic acids is 2. The van der Waals surface area contributed by atoms with Gasteiger partial charge in [0.15, 0.2) is 5.69 Å². The van der Waals surface area contributed by atoms with Crippen molar-refractivity contribution in [2.24, 2.45) is 5.41 Å². The number of carbonyl (C=O) groups is 2. The van der Waals surface area contributed by atoms with Crippen molar-refractivity contribution in [3.63, 3.8) is 0 Å². The summed E-state index contributed by atoms with van der Waals surface area (Å²) in [5.74, 6) is -0.249. The summed E-state index contributed by atoms with van der Waals surface area (Å²) in [5.41, 5.74) is 1.05. The molecule has 1 aliphatic carbocycles. The summed E-state index contributed by atoms with van der Waals surface area (Å²) in [6.45, 7) is 8.62. The van der Waals surface area contributed by atoms with Crippen LogP contribution in [0.4, 0.5) is 0 Å². The highest BCUT2D eigenvalue weighted by molar-refractivity contribution is 5.97. The van der Waals surface area contributed by atoms with Crippen molar-refractivity contribution in [2.45, 2.75) is 71.6 Å². The Balaban J connectivity index is 2.05. The molecule has 1 aromatic heterocycles. The molecular formula is C22H35N5O2. The third-order valence-corrected chi connectivity index (χ3v) is 5.97. The first-order valence-electron chi connectivity index (χ1n) is 10.7. The molecule has 0 spiro atoms. The van der Waals surface area contributed by atoms with E-state index in [1.807, 2.05) is 25.7 Å². The monoisotopic (exact) mass is 401 g/mol. The van der Waals surface area contributed by atoms with E-state index in [2.05, 4.69) is 39.0 Å². The molecule has 2 heterocycles. The van der Waals surface area contributed by atoms with Gasteiger partial charge in [0, 0.05) is 26.2 Å². The average molecular weight is 402 g/mol. The predicted octanol–water partition coefficient (Wildman–Crippen LogP) is 2.43. The standard InChI is InChI=1S/C22H35N5O2/c1-22(2,3)19(20(28)23-4)27(16-10-7-6-8-11-16)21(29)18-17-14-25(5)12-9-13-26(17)15-24-18/h6-7,15-16,19H,8-14H2,1-5H3,(H,23,28)/t16-,19-/m1/s1. The van der Waals surface area contributed by atoms with Gasteiger partial charge in [-0.25, -0.2) is 4.98 Å². The van der Waals surface area contributed by atoms with Gasteiger partial charge in [-0.15, -0.1) is 0 Å². The first kappa shape index (κ1) is 21.6. The molecule has 0 bridgehead atoms. The van der Waals surface area contributed by atoms with Crippen molar-refractivity contribution in [3.05, 3.63) is 29.9 Å². The average Bonchev–Trinajstić information content (AvgIpc) is 2.97. The summed E-state index contributed by atoms with van der Waals surface area (Å²) < 4.78 is 2.10. The SMILES string of the molecule is CNC(=O)[C@@H](N(C(=O)c1ncn2c1CN(C)CCC2)[C@@H]1CC=CCC1)C(C)(C)C. The van der Waals surface area contributed by atoms with Crippen LogP contribution in [0.15, 0.2) is 18.5 Å². The Labute approximate surface area is 174 Å². The number of allylic oxidation sites excluding steroid dienone is 1. The topological polar surface area (TPSA) is 70.5 Å². The van der Waals surface area contributed by atoms with E-state index < -0.39 is 11.5 Å². The highest BCUT2D eigenvalue weighted by Crippen LogP contribution is 2.32. The predicted molar refractivity (Wildman–Crippen MR) is 113 cm³/mol. The number of hydrogen-bond acceptors (Lipinski definition) is 4. The summed E-state index contributed by atoms with van der Waals surface area (Å²) in [6.07, 6.45) is 9.65. The Morgan fingerprint density at radius 1 is 1.28 bits per heavy atom. The summed E-state index contributed by atoms with van der Waals surface area (Å²) in [6, 6.07) is -0.563. The number of amides is 2. The summed E-state index contributed by atoms with van der Waals surface area (Å²) >= 11 is 0. The van der Waals surface area contributed by atoms with Gasteiger partial charge >= 0.3 is 0 Å². The van der Waals surface area contributed by atoms with Gasteiger partial charge in [-0.1, -0.05) is 32.9 Å². The lowest BCUT2D eigenvalue weighted by Crippen LogP contribution is -2.59. The largest absolute Gasteiger partial charge is 0.357 e. The van der Waals surface area contributed by atoms with Gasteiger partial charge in [-0.2, -0.15) is 0 Å². The Hall–Kier alpha value is -2.15. The van der Waals surface area contributed by atoms with Gasteiger partial charge in [-0.05, 0) is 44.7 Å². The number of aromatic nitrogens is 2. The summed E-state index contributed by atoms with van der Waals surface area (Å²) in [5, 5.41) is 2.79. The normalized spacial score (nSPS) is 21.2. The van der Waals surface area contributed by atoms with E-state index in [4.69, 9.17) is 0 Å². The molecule has 0 radical (unpaired) electrons. The van der Waals surface area contributed by atoms with Gasteiger partial charge < -0.3 is 19.7 Å². The molecule has 2 atom stereocenters. The van der Waals surface area contributed by atoms with Crippen molar-refractivity contribution in [2.75, 3.05) is 20.6 Å². The van der Waals surface area contributed by atoms with E-state index >= 15 is 0 Å². The molecule has 0 unspecified atom stereocenters. The maximum absolute atomic E-state index is 13.9. The minimum Gasteiger partial charge on any atom is -0.357 e. The first-order valence-corrected chi connectivity index (χ1v) is 10.7. The smallest absolute Gasteiger partial charge is 0.275 e. The molecule has 7 nitrogen and oxygen atoms in total. The summed E-state index contributed by atoms with van der Waals surface area (Å²) in [4.78, 5) is 35.5. The van der Waals surface area contributed by atoms with E-state index in [-0.39, 0.29) is 17.9 Å². The lowest BCUT2D eigenvalue weighted by Gasteiger charge is -2.43. The quantitative estimate of drug-likeness (QED) is 0.787. The summed E-state index contributed by atoms with van der Waals surface area (Å²) in [7, 11) is 3.71. The highest BCUT2D eigenvalue weighted by atomic mass is 16.2. The van der Waals surface area contributed by atoms with Crippen LogP contribution in [0.1, 0.15) is 62.6 Å². The second-order valence-electron chi connectivity index (χ2n) is 9.36. The number of hydrogen-bond donors (Lipinski definition) is 1. The third kappa shape index (κ3) is 4.55. The number of rotatable bonds is 4. The number of nitrogens with zero attached hydrogens (tertiary/aromatic N) is 4. The molecule has 160 valence electrons. The zero-order valence-corrected chi connectivity index (χ0v) is 18.4. The van der Waals surface area contributed by atoms with Crippen LogP contribution in [-0.2, 0) is 17.9 Å². The van der Waals surface area contributed by atoms with Crippen LogP contribution in [0.25, 0.3) is 0 Å². The molecule has 29 heavy (non-hydrogen) atoms. The van der Waals surface area contributed by atoms with Gasteiger partial charge in [-0.3, -0.25) is 9.59 Å². The third-order valence-electron chi connectivity index (χ3n) is 5.97. The van der Waals surface area contributed by atoms with E-state index in [0.29, 0.717) is 12.2 Å². The maximum Gasteiger partial charge on any atom is 0.275 e. The Morgan fingerprint density at radius 3 is 2.66 bits per heavy atom. The fraction of sp³-hybridized carbons (Fsp3) is 0.682. The number of imidazole rings is 1. The van der Waals surface area contributed by atoms with E-state index in [1.165, 1.54) is 0 Å². The van der Waals surface area contributed by atoms with Crippen LogP contribution < -0.4 is 5.32 Å². The van der Waals surface area contributed by atoms with Gasteiger partial charge in [0.1, 0.15) is 6.04 Å². The number of nitrogens with one attached hydrogen (secondary N) is 1. The van der Waals surface area contributed by atoms with Crippen LogP contribution in [0.2, 0.25) is 0 Å². The Kier molecular flexibility index (Phi) is 6.46. The van der Waals surface area contributed by atoms with Crippen LogP contribution >= 0.6 is 0 Å². The van der Waals surface area contributed by atoms with Crippen molar-refractivity contribution in [3.8, 4) is 0 Å². The lowest BCUT2D eigenvalue weighted by atomic mass is 9.82. The van der Waals surface area contributed by atoms with Gasteiger partial charge in [0.2, 0.25) is 5.91 Å². The van der Waals surface area contributed by atoms with E-state index in [1.54, 1.807) is 13.4 Å². The molecule has 0 aromatic carbocycles. The molecule has 3 rings (SSSR count). The van der Waals surface area contributed by atoms with Gasteiger partial charge in [0.25, 0.3) is 5.91 Å². The first-order chi connectivity index (χ1) is 13.7. The molecule has 1 aromatic rings. The number of fused-ring (bicyclic) bond motifs is 1. The van der Waals surface area contributed by atoms with Crippen LogP contribution in [0.5, 0.6) is 0 Å². The van der Waals surface area contributed by atoms with Crippen molar-refractivity contribution in [1.82, 2.24) is 24.7 Å². The molecule has 0 saturated carbocycles. The molecule has 2 amide bonds. The number of aryl methyl sites for hydroxylation is 1. The van der Waals surface area contributed by atoms with Crippen molar-refractivity contribution in [1.29, 1.82) is 0 Å². The lowest BCUT2D eigenvalue weighted by molar-refractivity contribution is -0.129. The highest BCUT2D eigenvalue weighted by Gasteiger charge is 2.43. The Morgan fingerprint density at radius 2 is 2.03 bits per heavy atom. The van der Waals surface area contributed by atoms with Crippen molar-refractivity contribution >= 4 is 11.8 Å². The van der Waals surface area contributed by atoms with Crippen LogP contribution in [0.3, 0.4) is 0 Å². The fourth-order valence-corrected chi connectivity index (χ4v) is 4.51. The molecule has 0 saturated heterocycles. The number of likely N-dealkylation sites (N-methyl/N-ethyl adjacent to an activating group) is 1. The molecule has 1 aliphatic heterocycles. The van der Waals surface area contributed by atoms with E-state index in [0.717, 1.165) is 44.5 Å². The maximum atomic E-state index is 13.9. The second-order valence-corrected chi connectivity index (χ2v) is 9.36. The molecule has 0 fully saturated rings. The van der Waals surface area contributed by atoms with Crippen molar-refractivity contribution < 1.29 is 9.59 Å². The van der Waals surface area contributed by atoms with E-state index in [9.17, 15) is 9.59 Å². The Bertz CT molecular complexity index is 777. The minimum atomic E-state index is -0.558. The molecule has 2 aliphatic rings. The minimum absolute atomic E-state index is 0.00474. The fourth-order valence-electron chi connectivity index (χ4n) is 4.51. The van der Waals surface area contributed by atoms with Gasteiger partial charge in [0.05, 0.1) is 12.0 Å². The molecular weight excluding hydrogens is 366 g/mol. The van der Waals surface area contributed by atoms with Crippen LogP contribution in [-0.4, -0.2) is 63.9 Å².